The molecule has 0 radical (unpaired) electrons. The van der Waals surface area contributed by atoms with E-state index in [0.29, 0.717) is 53.4 Å². The fourth-order valence-electron chi connectivity index (χ4n) is 15.3. The Morgan fingerprint density at radius 2 is 0.836 bits per heavy atom. The van der Waals surface area contributed by atoms with Crippen LogP contribution in [0.1, 0.15) is 195 Å². The van der Waals surface area contributed by atoms with E-state index in [1.165, 1.54) is 38.5 Å². The minimum Gasteiger partial charge on any atom is -0.460 e. The van der Waals surface area contributed by atoms with E-state index in [0.717, 1.165) is 165 Å². The predicted molar refractivity (Wildman–Crippen MR) is 529 cm³/mol. The van der Waals surface area contributed by atoms with Gasteiger partial charge in [-0.2, -0.15) is 19.2 Å². The molecule has 10 rings (SSSR count). The van der Waals surface area contributed by atoms with Crippen molar-refractivity contribution >= 4 is 108 Å². The molecule has 0 unspecified atom stereocenters. The number of esters is 2. The number of benzene rings is 2. The van der Waals surface area contributed by atoms with Crippen LogP contribution in [0.4, 0.5) is 11.6 Å². The van der Waals surface area contributed by atoms with E-state index in [1.807, 2.05) is 119 Å². The molecule has 0 atom stereocenters. The van der Waals surface area contributed by atoms with Crippen LogP contribution in [-0.4, -0.2) is 166 Å². The fraction of sp³-hybridized carbons (Fsp3) is 0.592. The van der Waals surface area contributed by atoms with Crippen molar-refractivity contribution in [3.63, 3.8) is 0 Å². The maximum Gasteiger partial charge on any atom is 0.309 e. The number of fused-ring (bicyclic) bond motifs is 2. The molecule has 6 aromatic heterocycles. The van der Waals surface area contributed by atoms with Crippen LogP contribution in [0.3, 0.4) is 0 Å². The van der Waals surface area contributed by atoms with Crippen LogP contribution in [0.25, 0.3) is 62.1 Å². The van der Waals surface area contributed by atoms with Crippen LogP contribution >= 0.6 is 15.9 Å². The number of hydrogen-bond acceptors (Lipinski definition) is 16. The summed E-state index contributed by atoms with van der Waals surface area (Å²) in [5.74, 6) is 1.66. The molecular formula is C98H155BrN10O8Si4Sn. The SMILES string of the molecule is C.C/C=C\c1c(C2CCC(C(=O)OC(C)(C)C)CC2)nc2c(-c3ccc(-c4ccccc4)nc3)cnn2c1N(COCC[Si](C)(C)C)COCC[Si](C)(C)C.C=[CH][Sn]([CH2]CCC)([CH2]CCC)[CH2]CCC.CC(C)(C)OC(=O)C1CCC(c2nc3c(-c4ccc(-c5ccccc5)nc4)cnn3c(N(COCC[Si](C)(C)C)COCC[Si](C)(C)C)c2Br)CC1. The number of hydrogen-bond donors (Lipinski definition) is 0. The Hall–Kier alpha value is -6.01. The Morgan fingerprint density at radius 1 is 0.492 bits per heavy atom. The fourth-order valence-corrected chi connectivity index (χ4v) is 32.1. The maximum atomic E-state index is 13.1. The number of pyridine rings is 2. The van der Waals surface area contributed by atoms with Crippen molar-refractivity contribution in [3.05, 3.63) is 148 Å². The summed E-state index contributed by atoms with van der Waals surface area (Å²) in [6, 6.07) is 33.0. The molecular weight excluding hydrogens is 1760 g/mol. The van der Waals surface area contributed by atoms with Crippen LogP contribution in [0.2, 0.25) is 116 Å². The summed E-state index contributed by atoms with van der Waals surface area (Å²) in [5.41, 5.74) is 11.2. The van der Waals surface area contributed by atoms with E-state index in [4.69, 9.17) is 58.6 Å². The van der Waals surface area contributed by atoms with Crippen molar-refractivity contribution in [1.82, 2.24) is 39.2 Å². The van der Waals surface area contributed by atoms with Gasteiger partial charge in [0.25, 0.3) is 0 Å². The van der Waals surface area contributed by atoms with Gasteiger partial charge in [0.15, 0.2) is 17.1 Å². The first-order valence-electron chi connectivity index (χ1n) is 45.3. The minimum atomic E-state index is -1.85. The first kappa shape index (κ1) is 103. The number of ether oxygens (including phenoxy) is 6. The second-order valence-corrected chi connectivity index (χ2v) is 77.1. The molecule has 2 saturated carbocycles. The van der Waals surface area contributed by atoms with Crippen molar-refractivity contribution in [2.24, 2.45) is 11.8 Å². The second kappa shape index (κ2) is 48.2. The third-order valence-corrected chi connectivity index (χ3v) is 44.3. The zero-order chi connectivity index (χ0) is 88.4. The average Bonchev–Trinajstić information content (AvgIpc) is 1.53. The van der Waals surface area contributed by atoms with Gasteiger partial charge in [-0.05, 0) is 152 Å². The summed E-state index contributed by atoms with van der Waals surface area (Å²) in [6.07, 6.45) is 26.7. The Labute approximate surface area is 752 Å². The topological polar surface area (TPSA) is 182 Å². The van der Waals surface area contributed by atoms with Gasteiger partial charge in [-0.25, -0.2) is 9.97 Å². The van der Waals surface area contributed by atoms with Gasteiger partial charge in [0.1, 0.15) is 43.9 Å². The summed E-state index contributed by atoms with van der Waals surface area (Å²) < 4.78 is 49.2. The van der Waals surface area contributed by atoms with Crippen molar-refractivity contribution in [1.29, 1.82) is 0 Å². The number of unbranched alkanes of at least 4 members (excludes halogenated alkanes) is 3. The van der Waals surface area contributed by atoms with Gasteiger partial charge < -0.3 is 38.2 Å². The Morgan fingerprint density at radius 3 is 1.16 bits per heavy atom. The molecule has 8 aromatic rings. The number of allylic oxidation sites excluding steroid dienone is 1. The molecule has 0 spiro atoms. The molecule has 0 bridgehead atoms. The number of nitrogens with zero attached hydrogens (tertiary/aromatic N) is 10. The van der Waals surface area contributed by atoms with Crippen molar-refractivity contribution in [2.45, 2.75) is 306 Å². The molecule has 2 fully saturated rings. The van der Waals surface area contributed by atoms with Gasteiger partial charge >= 0.3 is 114 Å². The molecule has 2 aliphatic carbocycles. The van der Waals surface area contributed by atoms with Gasteiger partial charge in [0.2, 0.25) is 0 Å². The van der Waals surface area contributed by atoms with Crippen molar-refractivity contribution < 1.29 is 38.0 Å². The number of anilines is 2. The van der Waals surface area contributed by atoms with Gasteiger partial charge in [-0.1, -0.05) is 171 Å². The average molecular weight is 1910 g/mol. The number of rotatable bonds is 41. The molecule has 672 valence electrons. The van der Waals surface area contributed by atoms with Gasteiger partial charge in [-0.3, -0.25) is 19.6 Å². The van der Waals surface area contributed by atoms with Crippen LogP contribution in [0, 0.1) is 11.8 Å². The normalized spacial score (nSPS) is 16.2. The summed E-state index contributed by atoms with van der Waals surface area (Å²) in [5, 5.41) is 9.97. The summed E-state index contributed by atoms with van der Waals surface area (Å²) in [4.78, 5) is 51.0. The van der Waals surface area contributed by atoms with Crippen molar-refractivity contribution in [3.8, 4) is 44.8 Å². The molecule has 0 aliphatic heterocycles. The summed E-state index contributed by atoms with van der Waals surface area (Å²) >= 11 is 2.19. The van der Waals surface area contributed by atoms with E-state index < -0.39 is 61.9 Å². The largest absolute Gasteiger partial charge is 0.460 e. The van der Waals surface area contributed by atoms with E-state index in [2.05, 4.69) is 196 Å². The molecule has 18 nitrogen and oxygen atoms in total. The second-order valence-electron chi connectivity index (χ2n) is 40.6. The Bertz CT molecular complexity index is 4450. The van der Waals surface area contributed by atoms with E-state index >= 15 is 0 Å². The van der Waals surface area contributed by atoms with Crippen LogP contribution in [0.15, 0.2) is 131 Å². The smallest absolute Gasteiger partial charge is 0.309 e. The zero-order valence-corrected chi connectivity index (χ0v) is 86.7. The third-order valence-electron chi connectivity index (χ3n) is 22.7. The molecule has 0 saturated heterocycles. The number of halogens is 1. The summed E-state index contributed by atoms with van der Waals surface area (Å²) in [6.45, 7) is 57.5. The first-order valence-corrected chi connectivity index (χ1v) is 68.6. The van der Waals surface area contributed by atoms with Gasteiger partial charge in [0.05, 0.1) is 51.5 Å². The molecule has 0 amide bonds. The molecule has 2 aliphatic rings. The number of carbonyl (C=O) groups is 2. The molecule has 0 N–H and O–H groups in total. The molecule has 122 heavy (non-hydrogen) atoms. The summed E-state index contributed by atoms with van der Waals surface area (Å²) in [7, 11) is -5.15. The molecule has 24 heteroatoms. The van der Waals surface area contributed by atoms with Gasteiger partial charge in [0, 0.05) is 122 Å². The van der Waals surface area contributed by atoms with Crippen LogP contribution < -0.4 is 9.80 Å². The third kappa shape index (κ3) is 32.7. The standard InChI is InChI=1S/C43H63N5O4Si2.C40H58BrN5O4Si2.3C4H9.C2H3.CH4.Sn/c1-11-15-36-39(33-18-20-34(21-19-33)42(49)52-43(2,3)4)46-40-37(35-22-23-38(44-28-35)32-16-13-12-14-17-32)29-45-48(40)41(36)47(30-50-24-26-53(5,6)7)31-51-25-27-54(8,9)10;1-40(2,3)50-39(47)31-17-15-30(16-18-31)36-35(41)38(45(27-48-21-23-51(4,5)6)28-49-22-24-52(7,8)9)46-37(44-36)33(26-43-46)32-19-20-34(42-25-32)29-13-11-10-12-14-29;3*1-3-4-2;1-2;;/h11-17,22-23,28-29,33-34H,18-21,24-27,30-31H2,1-10H3;10-14,19-20,25-26,30-31H,15-18,21-24,27-28H2,1-9H3;3*1,3-4H2,2H3;1H,2H2;1H4;/b15-11-;;;;;;;. The van der Waals surface area contributed by atoms with E-state index in [1.54, 1.807) is 13.3 Å². The Kier molecular flexibility index (Phi) is 40.7. The predicted octanol–water partition coefficient (Wildman–Crippen LogP) is 27.0. The maximum absolute atomic E-state index is 13.1. The first-order chi connectivity index (χ1) is 57.3. The van der Waals surface area contributed by atoms with E-state index in [-0.39, 0.29) is 43.0 Å². The van der Waals surface area contributed by atoms with Gasteiger partial charge in [-0.15, -0.1) is 0 Å². The zero-order valence-electron chi connectivity index (χ0n) is 78.3. The quantitative estimate of drug-likeness (QED) is 0.0153. The van der Waals surface area contributed by atoms with Crippen LogP contribution in [0.5, 0.6) is 0 Å². The number of aromatic nitrogens is 8. The molecule has 2 aromatic carbocycles. The van der Waals surface area contributed by atoms with Crippen LogP contribution in [-0.2, 0) is 38.0 Å². The molecule has 6 heterocycles. The van der Waals surface area contributed by atoms with Crippen molar-refractivity contribution in [2.75, 3.05) is 63.2 Å². The minimum absolute atomic E-state index is 0. The monoisotopic (exact) mass is 1910 g/mol. The number of carbonyl (C=O) groups excluding carboxylic acids is 2. The Balaban J connectivity index is 0.000000285. The van der Waals surface area contributed by atoms with E-state index in [9.17, 15) is 9.59 Å².